The molecule has 82 valence electrons. The summed E-state index contributed by atoms with van der Waals surface area (Å²) in [7, 11) is 0. The van der Waals surface area contributed by atoms with Gasteiger partial charge in [0.05, 0.1) is 6.61 Å². The Labute approximate surface area is 91.4 Å². The fraction of sp³-hybridized carbons (Fsp3) is 0.538. The summed E-state index contributed by atoms with van der Waals surface area (Å²) in [6.45, 7) is 2.85. The van der Waals surface area contributed by atoms with E-state index in [0.29, 0.717) is 0 Å². The smallest absolute Gasteiger partial charge is 0.119 e. The number of benzene rings is 1. The first kappa shape index (κ1) is 10.3. The summed E-state index contributed by atoms with van der Waals surface area (Å²) >= 11 is 0. The summed E-state index contributed by atoms with van der Waals surface area (Å²) in [6, 6.07) is 5.87. The van der Waals surface area contributed by atoms with Gasteiger partial charge in [-0.3, -0.25) is 0 Å². The van der Waals surface area contributed by atoms with Gasteiger partial charge in [0.25, 0.3) is 0 Å². The molecule has 2 heteroatoms. The standard InChI is InChI=1S/C13H19NO/c1-10-9-12(5-6-13(10)14)15-8-7-11-3-2-4-11/h5-6,9,11H,2-4,7-8,14H2,1H3. The number of aryl methyl sites for hydroxylation is 1. The minimum Gasteiger partial charge on any atom is -0.494 e. The molecule has 0 aromatic heterocycles. The van der Waals surface area contributed by atoms with Crippen LogP contribution in [0.2, 0.25) is 0 Å². The number of ether oxygens (including phenoxy) is 1. The predicted molar refractivity (Wildman–Crippen MR) is 63.0 cm³/mol. The maximum atomic E-state index is 5.74. The van der Waals surface area contributed by atoms with Crippen LogP contribution in [0.25, 0.3) is 0 Å². The van der Waals surface area contributed by atoms with Gasteiger partial charge >= 0.3 is 0 Å². The second-order valence-electron chi connectivity index (χ2n) is 4.45. The third-order valence-electron chi connectivity index (χ3n) is 3.26. The van der Waals surface area contributed by atoms with Crippen molar-refractivity contribution < 1.29 is 4.74 Å². The summed E-state index contributed by atoms with van der Waals surface area (Å²) in [4.78, 5) is 0. The molecule has 0 heterocycles. The monoisotopic (exact) mass is 205 g/mol. The van der Waals surface area contributed by atoms with Crippen molar-refractivity contribution in [1.82, 2.24) is 0 Å². The zero-order chi connectivity index (χ0) is 10.7. The van der Waals surface area contributed by atoms with Gasteiger partial charge in [-0.1, -0.05) is 19.3 Å². The van der Waals surface area contributed by atoms with E-state index in [0.717, 1.165) is 29.5 Å². The van der Waals surface area contributed by atoms with Crippen molar-refractivity contribution >= 4 is 5.69 Å². The molecular formula is C13H19NO. The fourth-order valence-corrected chi connectivity index (χ4v) is 1.86. The van der Waals surface area contributed by atoms with E-state index in [1.807, 2.05) is 25.1 Å². The second kappa shape index (κ2) is 4.56. The predicted octanol–water partition coefficient (Wildman–Crippen LogP) is 3.15. The lowest BCUT2D eigenvalue weighted by Crippen LogP contribution is -2.14. The van der Waals surface area contributed by atoms with E-state index in [9.17, 15) is 0 Å². The zero-order valence-electron chi connectivity index (χ0n) is 9.33. The minimum absolute atomic E-state index is 0.835. The molecule has 0 amide bonds. The van der Waals surface area contributed by atoms with E-state index in [2.05, 4.69) is 0 Å². The molecule has 1 aliphatic rings. The zero-order valence-corrected chi connectivity index (χ0v) is 9.33. The van der Waals surface area contributed by atoms with Gasteiger partial charge in [0, 0.05) is 5.69 Å². The number of rotatable bonds is 4. The number of nitrogen functional groups attached to an aromatic ring is 1. The number of hydrogen-bond acceptors (Lipinski definition) is 2. The first-order valence-electron chi connectivity index (χ1n) is 5.74. The Morgan fingerprint density at radius 1 is 1.40 bits per heavy atom. The van der Waals surface area contributed by atoms with Crippen molar-refractivity contribution in [2.24, 2.45) is 5.92 Å². The van der Waals surface area contributed by atoms with Crippen molar-refractivity contribution in [3.8, 4) is 5.75 Å². The number of hydrogen-bond donors (Lipinski definition) is 1. The highest BCUT2D eigenvalue weighted by molar-refractivity contribution is 5.49. The molecule has 0 aliphatic heterocycles. The van der Waals surface area contributed by atoms with Crippen LogP contribution >= 0.6 is 0 Å². The Hall–Kier alpha value is -1.18. The normalized spacial score (nSPS) is 16.1. The molecule has 1 saturated carbocycles. The molecule has 2 N–H and O–H groups in total. The summed E-state index contributed by atoms with van der Waals surface area (Å²) in [5.74, 6) is 1.86. The summed E-state index contributed by atoms with van der Waals surface area (Å²) in [6.07, 6.45) is 5.39. The quantitative estimate of drug-likeness (QED) is 0.766. The summed E-state index contributed by atoms with van der Waals surface area (Å²) in [5.41, 5.74) is 7.67. The van der Waals surface area contributed by atoms with Crippen LogP contribution in [0.5, 0.6) is 5.75 Å². The Morgan fingerprint density at radius 3 is 2.80 bits per heavy atom. The van der Waals surface area contributed by atoms with Gasteiger partial charge < -0.3 is 10.5 Å². The van der Waals surface area contributed by atoms with Crippen molar-refractivity contribution in [3.05, 3.63) is 23.8 Å². The maximum absolute atomic E-state index is 5.74. The maximum Gasteiger partial charge on any atom is 0.119 e. The highest BCUT2D eigenvalue weighted by atomic mass is 16.5. The number of nitrogens with two attached hydrogens (primary N) is 1. The summed E-state index contributed by atoms with van der Waals surface area (Å²) in [5, 5.41) is 0. The molecule has 0 radical (unpaired) electrons. The van der Waals surface area contributed by atoms with Crippen LogP contribution in [-0.4, -0.2) is 6.61 Å². The van der Waals surface area contributed by atoms with Crippen LogP contribution in [0.4, 0.5) is 5.69 Å². The van der Waals surface area contributed by atoms with E-state index in [1.54, 1.807) is 0 Å². The Bertz CT molecular complexity index is 331. The Balaban J connectivity index is 1.79. The highest BCUT2D eigenvalue weighted by Crippen LogP contribution is 2.29. The first-order valence-corrected chi connectivity index (χ1v) is 5.74. The van der Waals surface area contributed by atoms with Crippen LogP contribution < -0.4 is 10.5 Å². The largest absolute Gasteiger partial charge is 0.494 e. The highest BCUT2D eigenvalue weighted by Gasteiger charge is 2.16. The van der Waals surface area contributed by atoms with Crippen LogP contribution in [-0.2, 0) is 0 Å². The molecule has 0 atom stereocenters. The number of anilines is 1. The lowest BCUT2D eigenvalue weighted by Gasteiger charge is -2.25. The molecule has 1 aromatic carbocycles. The molecule has 0 spiro atoms. The summed E-state index contributed by atoms with van der Waals surface area (Å²) < 4.78 is 5.69. The molecular weight excluding hydrogens is 186 g/mol. The molecule has 1 aliphatic carbocycles. The van der Waals surface area contributed by atoms with Crippen LogP contribution in [0.1, 0.15) is 31.2 Å². The molecule has 1 aromatic rings. The molecule has 1 fully saturated rings. The Kier molecular flexibility index (Phi) is 3.14. The van der Waals surface area contributed by atoms with Gasteiger partial charge in [0.1, 0.15) is 5.75 Å². The minimum atomic E-state index is 0.835. The SMILES string of the molecule is Cc1cc(OCCC2CCC2)ccc1N. The van der Waals surface area contributed by atoms with Gasteiger partial charge in [-0.15, -0.1) is 0 Å². The van der Waals surface area contributed by atoms with Crippen molar-refractivity contribution in [2.75, 3.05) is 12.3 Å². The van der Waals surface area contributed by atoms with E-state index in [4.69, 9.17) is 10.5 Å². The fourth-order valence-electron chi connectivity index (χ4n) is 1.86. The van der Waals surface area contributed by atoms with E-state index in [1.165, 1.54) is 25.7 Å². The van der Waals surface area contributed by atoms with E-state index >= 15 is 0 Å². The van der Waals surface area contributed by atoms with E-state index < -0.39 is 0 Å². The van der Waals surface area contributed by atoms with Gasteiger partial charge in [-0.05, 0) is 43.0 Å². The molecule has 15 heavy (non-hydrogen) atoms. The lowest BCUT2D eigenvalue weighted by atomic mass is 9.83. The van der Waals surface area contributed by atoms with Gasteiger partial charge in [0.2, 0.25) is 0 Å². The van der Waals surface area contributed by atoms with Crippen molar-refractivity contribution in [1.29, 1.82) is 0 Å². The first-order chi connectivity index (χ1) is 7.25. The van der Waals surface area contributed by atoms with E-state index in [-0.39, 0.29) is 0 Å². The topological polar surface area (TPSA) is 35.2 Å². The average molecular weight is 205 g/mol. The molecule has 0 saturated heterocycles. The second-order valence-corrected chi connectivity index (χ2v) is 4.45. The third kappa shape index (κ3) is 2.65. The van der Waals surface area contributed by atoms with Gasteiger partial charge in [-0.2, -0.15) is 0 Å². The Morgan fingerprint density at radius 2 is 2.20 bits per heavy atom. The molecule has 2 nitrogen and oxygen atoms in total. The third-order valence-corrected chi connectivity index (χ3v) is 3.26. The lowest BCUT2D eigenvalue weighted by molar-refractivity contribution is 0.222. The molecule has 0 bridgehead atoms. The van der Waals surface area contributed by atoms with Crippen molar-refractivity contribution in [3.63, 3.8) is 0 Å². The van der Waals surface area contributed by atoms with Gasteiger partial charge in [-0.25, -0.2) is 0 Å². The average Bonchev–Trinajstić information content (AvgIpc) is 2.15. The van der Waals surface area contributed by atoms with Crippen molar-refractivity contribution in [2.45, 2.75) is 32.6 Å². The van der Waals surface area contributed by atoms with Gasteiger partial charge in [0.15, 0.2) is 0 Å². The van der Waals surface area contributed by atoms with Crippen LogP contribution in [0.15, 0.2) is 18.2 Å². The molecule has 0 unspecified atom stereocenters. The van der Waals surface area contributed by atoms with Crippen LogP contribution in [0, 0.1) is 12.8 Å². The van der Waals surface area contributed by atoms with Crippen LogP contribution in [0.3, 0.4) is 0 Å². The molecule has 2 rings (SSSR count).